The first-order chi connectivity index (χ1) is 11.5. The lowest BCUT2D eigenvalue weighted by Crippen LogP contribution is -2.39. The summed E-state index contributed by atoms with van der Waals surface area (Å²) >= 11 is 0. The summed E-state index contributed by atoms with van der Waals surface area (Å²) in [5.41, 5.74) is 5.05. The van der Waals surface area contributed by atoms with Crippen molar-refractivity contribution in [1.29, 1.82) is 0 Å². The van der Waals surface area contributed by atoms with Gasteiger partial charge in [-0.1, -0.05) is 12.1 Å². The first-order valence-electron chi connectivity index (χ1n) is 8.20. The second-order valence-electron chi connectivity index (χ2n) is 6.34. The summed E-state index contributed by atoms with van der Waals surface area (Å²) < 4.78 is 0. The number of fused-ring (bicyclic) bond motifs is 1. The Morgan fingerprint density at radius 1 is 1.38 bits per heavy atom. The van der Waals surface area contributed by atoms with E-state index in [1.807, 2.05) is 31.2 Å². The van der Waals surface area contributed by atoms with Crippen LogP contribution >= 0.6 is 0 Å². The number of amides is 2. The SMILES string of the molecule is CC(=O)Nc1cccc(CC(=O)NC2CCc3n[nH]c(C)c3C2)c1. The predicted octanol–water partition coefficient (Wildman–Crippen LogP) is 1.89. The number of carbonyl (C=O) groups is 2. The molecule has 0 saturated heterocycles. The molecule has 24 heavy (non-hydrogen) atoms. The Balaban J connectivity index is 1.58. The predicted molar refractivity (Wildman–Crippen MR) is 91.7 cm³/mol. The number of benzene rings is 1. The van der Waals surface area contributed by atoms with Crippen molar-refractivity contribution in [2.75, 3.05) is 5.32 Å². The quantitative estimate of drug-likeness (QED) is 0.802. The molecule has 1 atom stereocenters. The van der Waals surface area contributed by atoms with Gasteiger partial charge in [0.2, 0.25) is 11.8 Å². The number of nitrogens with one attached hydrogen (secondary N) is 3. The Kier molecular flexibility index (Phi) is 4.64. The summed E-state index contributed by atoms with van der Waals surface area (Å²) in [4.78, 5) is 23.4. The fourth-order valence-electron chi connectivity index (χ4n) is 3.19. The molecule has 2 aromatic rings. The summed E-state index contributed by atoms with van der Waals surface area (Å²) in [7, 11) is 0. The van der Waals surface area contributed by atoms with E-state index in [1.54, 1.807) is 0 Å². The van der Waals surface area contributed by atoms with Gasteiger partial charge < -0.3 is 10.6 Å². The summed E-state index contributed by atoms with van der Waals surface area (Å²) in [5.74, 6) is -0.116. The molecule has 1 heterocycles. The van der Waals surface area contributed by atoms with Crippen LogP contribution in [-0.2, 0) is 28.9 Å². The van der Waals surface area contributed by atoms with Crippen LogP contribution in [0.2, 0.25) is 0 Å². The molecule has 1 unspecified atom stereocenters. The summed E-state index contributed by atoms with van der Waals surface area (Å²) in [6, 6.07) is 7.53. The second-order valence-corrected chi connectivity index (χ2v) is 6.34. The summed E-state index contributed by atoms with van der Waals surface area (Å²) in [5, 5.41) is 13.2. The monoisotopic (exact) mass is 326 g/mol. The zero-order chi connectivity index (χ0) is 17.1. The van der Waals surface area contributed by atoms with E-state index in [0.717, 1.165) is 36.2 Å². The number of hydrogen-bond acceptors (Lipinski definition) is 3. The van der Waals surface area contributed by atoms with E-state index in [1.165, 1.54) is 12.5 Å². The topological polar surface area (TPSA) is 86.9 Å². The molecular weight excluding hydrogens is 304 g/mol. The minimum atomic E-state index is -0.120. The van der Waals surface area contributed by atoms with E-state index < -0.39 is 0 Å². The molecule has 0 spiro atoms. The maximum Gasteiger partial charge on any atom is 0.224 e. The maximum absolute atomic E-state index is 12.3. The van der Waals surface area contributed by atoms with E-state index in [4.69, 9.17) is 0 Å². The van der Waals surface area contributed by atoms with Crippen molar-refractivity contribution in [2.24, 2.45) is 0 Å². The maximum atomic E-state index is 12.3. The molecule has 3 rings (SSSR count). The molecule has 0 fully saturated rings. The number of carbonyl (C=O) groups excluding carboxylic acids is 2. The Morgan fingerprint density at radius 3 is 3.00 bits per heavy atom. The molecular formula is C18H22N4O2. The molecule has 0 bridgehead atoms. The van der Waals surface area contributed by atoms with Crippen LogP contribution in [0.1, 0.15) is 35.9 Å². The second kappa shape index (κ2) is 6.86. The van der Waals surface area contributed by atoms with Crippen LogP contribution in [0.15, 0.2) is 24.3 Å². The Hall–Kier alpha value is -2.63. The van der Waals surface area contributed by atoms with Gasteiger partial charge in [-0.25, -0.2) is 0 Å². The van der Waals surface area contributed by atoms with Gasteiger partial charge >= 0.3 is 0 Å². The van der Waals surface area contributed by atoms with Crippen LogP contribution in [0.4, 0.5) is 5.69 Å². The average Bonchev–Trinajstić information content (AvgIpc) is 2.88. The number of hydrogen-bond donors (Lipinski definition) is 3. The number of aromatic nitrogens is 2. The third-order valence-electron chi connectivity index (χ3n) is 4.32. The molecule has 6 heteroatoms. The van der Waals surface area contributed by atoms with E-state index in [9.17, 15) is 9.59 Å². The van der Waals surface area contributed by atoms with E-state index >= 15 is 0 Å². The van der Waals surface area contributed by atoms with Crippen molar-refractivity contribution in [2.45, 2.75) is 45.6 Å². The van der Waals surface area contributed by atoms with Crippen molar-refractivity contribution in [3.63, 3.8) is 0 Å². The third-order valence-corrected chi connectivity index (χ3v) is 4.32. The van der Waals surface area contributed by atoms with Gasteiger partial charge in [-0.15, -0.1) is 0 Å². The molecule has 1 aliphatic rings. The minimum Gasteiger partial charge on any atom is -0.353 e. The van der Waals surface area contributed by atoms with Gasteiger partial charge in [-0.2, -0.15) is 5.10 Å². The van der Waals surface area contributed by atoms with Crippen LogP contribution in [0.5, 0.6) is 0 Å². The lowest BCUT2D eigenvalue weighted by molar-refractivity contribution is -0.121. The lowest BCUT2D eigenvalue weighted by atomic mass is 9.91. The molecule has 1 aliphatic carbocycles. The molecule has 126 valence electrons. The van der Waals surface area contributed by atoms with Crippen LogP contribution in [0.3, 0.4) is 0 Å². The Labute approximate surface area is 141 Å². The van der Waals surface area contributed by atoms with Gasteiger partial charge in [-0.05, 0) is 49.4 Å². The Morgan fingerprint density at radius 2 is 2.21 bits per heavy atom. The van der Waals surface area contributed by atoms with Gasteiger partial charge in [0.15, 0.2) is 0 Å². The largest absolute Gasteiger partial charge is 0.353 e. The molecule has 0 saturated carbocycles. The molecule has 0 radical (unpaired) electrons. The first kappa shape index (κ1) is 16.2. The van der Waals surface area contributed by atoms with E-state index in [0.29, 0.717) is 12.1 Å². The fraction of sp³-hybridized carbons (Fsp3) is 0.389. The highest BCUT2D eigenvalue weighted by Gasteiger charge is 2.23. The summed E-state index contributed by atoms with van der Waals surface area (Å²) in [6.07, 6.45) is 2.94. The molecule has 2 amide bonds. The van der Waals surface area contributed by atoms with Crippen molar-refractivity contribution in [3.05, 3.63) is 46.8 Å². The highest BCUT2D eigenvalue weighted by Crippen LogP contribution is 2.22. The number of rotatable bonds is 4. The summed E-state index contributed by atoms with van der Waals surface area (Å²) in [6.45, 7) is 3.48. The average molecular weight is 326 g/mol. The normalized spacial score (nSPS) is 16.3. The number of H-pyrrole nitrogens is 1. The molecule has 1 aromatic heterocycles. The van der Waals surface area contributed by atoms with Crippen molar-refractivity contribution in [1.82, 2.24) is 15.5 Å². The molecule has 3 N–H and O–H groups in total. The van der Waals surface area contributed by atoms with Gasteiger partial charge in [0, 0.05) is 24.3 Å². The van der Waals surface area contributed by atoms with Gasteiger partial charge in [0.25, 0.3) is 0 Å². The van der Waals surface area contributed by atoms with Crippen molar-refractivity contribution in [3.8, 4) is 0 Å². The van der Waals surface area contributed by atoms with Crippen molar-refractivity contribution < 1.29 is 9.59 Å². The van der Waals surface area contributed by atoms with Crippen LogP contribution in [0.25, 0.3) is 0 Å². The molecule has 0 aliphatic heterocycles. The number of aromatic amines is 1. The standard InChI is InChI=1S/C18H22N4O2/c1-11-16-10-15(6-7-17(16)22-21-11)20-18(24)9-13-4-3-5-14(8-13)19-12(2)23/h3-5,8,15H,6-7,9-10H2,1-2H3,(H,19,23)(H,20,24)(H,21,22). The smallest absolute Gasteiger partial charge is 0.224 e. The number of anilines is 1. The van der Waals surface area contributed by atoms with E-state index in [2.05, 4.69) is 20.8 Å². The highest BCUT2D eigenvalue weighted by atomic mass is 16.2. The van der Waals surface area contributed by atoms with Gasteiger partial charge in [-0.3, -0.25) is 14.7 Å². The zero-order valence-corrected chi connectivity index (χ0v) is 14.0. The lowest BCUT2D eigenvalue weighted by Gasteiger charge is -2.23. The first-order valence-corrected chi connectivity index (χ1v) is 8.20. The van der Waals surface area contributed by atoms with Gasteiger partial charge in [0.05, 0.1) is 12.1 Å². The zero-order valence-electron chi connectivity index (χ0n) is 14.0. The molecule has 6 nitrogen and oxygen atoms in total. The fourth-order valence-corrected chi connectivity index (χ4v) is 3.19. The van der Waals surface area contributed by atoms with Crippen LogP contribution < -0.4 is 10.6 Å². The third kappa shape index (κ3) is 3.82. The van der Waals surface area contributed by atoms with Crippen LogP contribution in [-0.4, -0.2) is 28.1 Å². The van der Waals surface area contributed by atoms with Crippen LogP contribution in [0, 0.1) is 6.92 Å². The number of aryl methyl sites for hydroxylation is 2. The number of nitrogens with zero attached hydrogens (tertiary/aromatic N) is 1. The van der Waals surface area contributed by atoms with E-state index in [-0.39, 0.29) is 17.9 Å². The Bertz CT molecular complexity index is 766. The minimum absolute atomic E-state index is 0.00423. The molecule has 1 aromatic carbocycles. The van der Waals surface area contributed by atoms with Gasteiger partial charge in [0.1, 0.15) is 0 Å². The highest BCUT2D eigenvalue weighted by molar-refractivity contribution is 5.89. The van der Waals surface area contributed by atoms with Crippen molar-refractivity contribution >= 4 is 17.5 Å².